The summed E-state index contributed by atoms with van der Waals surface area (Å²) in [7, 11) is 0. The SMILES string of the molecule is CC1(C)O[C@@H]2[C@H](O1)[C@@H](CCC(=O)OCc1ccccc1)O[C@@H]2[C@H]1COC(C)(C)O1. The molecule has 1 aromatic rings. The van der Waals surface area contributed by atoms with Crippen LogP contribution in [0.4, 0.5) is 0 Å². The molecule has 29 heavy (non-hydrogen) atoms. The Balaban J connectivity index is 1.34. The normalized spacial score (nSPS) is 34.8. The Labute approximate surface area is 171 Å². The first-order chi connectivity index (χ1) is 13.7. The molecule has 0 saturated carbocycles. The highest BCUT2D eigenvalue weighted by atomic mass is 16.8. The molecule has 5 atom stereocenters. The van der Waals surface area contributed by atoms with Crippen molar-refractivity contribution in [2.45, 2.75) is 89.2 Å². The van der Waals surface area contributed by atoms with Crippen molar-refractivity contribution in [3.63, 3.8) is 0 Å². The average Bonchev–Trinajstić information content (AvgIpc) is 3.29. The third-order valence-electron chi connectivity index (χ3n) is 5.46. The van der Waals surface area contributed by atoms with Gasteiger partial charge in [-0.25, -0.2) is 0 Å². The minimum atomic E-state index is -0.696. The summed E-state index contributed by atoms with van der Waals surface area (Å²) in [6.45, 7) is 8.27. The molecule has 7 nitrogen and oxygen atoms in total. The van der Waals surface area contributed by atoms with Gasteiger partial charge in [0, 0.05) is 6.42 Å². The van der Waals surface area contributed by atoms with Gasteiger partial charge in [-0.3, -0.25) is 4.79 Å². The van der Waals surface area contributed by atoms with E-state index in [2.05, 4.69) is 0 Å². The van der Waals surface area contributed by atoms with E-state index in [0.717, 1.165) is 5.56 Å². The minimum absolute atomic E-state index is 0.231. The van der Waals surface area contributed by atoms with Crippen molar-refractivity contribution in [3.8, 4) is 0 Å². The van der Waals surface area contributed by atoms with Gasteiger partial charge in [0.05, 0.1) is 12.7 Å². The highest BCUT2D eigenvalue weighted by Crippen LogP contribution is 2.43. The van der Waals surface area contributed by atoms with Crippen LogP contribution in [-0.2, 0) is 39.8 Å². The van der Waals surface area contributed by atoms with E-state index < -0.39 is 11.6 Å². The number of rotatable bonds is 6. The lowest BCUT2D eigenvalue weighted by molar-refractivity contribution is -0.207. The van der Waals surface area contributed by atoms with Gasteiger partial charge in [-0.1, -0.05) is 30.3 Å². The molecule has 0 spiro atoms. The molecule has 3 heterocycles. The van der Waals surface area contributed by atoms with E-state index in [0.29, 0.717) is 13.0 Å². The Hall–Kier alpha value is -1.51. The molecule has 3 aliphatic heterocycles. The molecule has 3 aliphatic rings. The zero-order valence-electron chi connectivity index (χ0n) is 17.5. The van der Waals surface area contributed by atoms with Crippen LogP contribution < -0.4 is 0 Å². The summed E-state index contributed by atoms with van der Waals surface area (Å²) < 4.78 is 35.5. The van der Waals surface area contributed by atoms with Crippen molar-refractivity contribution in [3.05, 3.63) is 35.9 Å². The maximum Gasteiger partial charge on any atom is 0.306 e. The fraction of sp³-hybridized carbons (Fsp3) is 0.682. The Bertz CT molecular complexity index is 717. The van der Waals surface area contributed by atoms with E-state index in [9.17, 15) is 4.79 Å². The quantitative estimate of drug-likeness (QED) is 0.673. The van der Waals surface area contributed by atoms with Crippen LogP contribution in [0.3, 0.4) is 0 Å². The van der Waals surface area contributed by atoms with E-state index in [-0.39, 0.29) is 49.5 Å². The molecule has 1 aromatic carbocycles. The van der Waals surface area contributed by atoms with Crippen LogP contribution in [-0.4, -0.2) is 54.7 Å². The third kappa shape index (κ3) is 4.81. The number of hydrogen-bond acceptors (Lipinski definition) is 7. The molecular weight excluding hydrogens is 376 g/mol. The second-order valence-electron chi connectivity index (χ2n) is 8.76. The highest BCUT2D eigenvalue weighted by Gasteiger charge is 2.58. The molecule has 3 fully saturated rings. The highest BCUT2D eigenvalue weighted by molar-refractivity contribution is 5.69. The van der Waals surface area contributed by atoms with E-state index in [1.54, 1.807) is 0 Å². The predicted molar refractivity (Wildman–Crippen MR) is 103 cm³/mol. The second kappa shape index (κ2) is 7.96. The summed E-state index contributed by atoms with van der Waals surface area (Å²) in [5, 5.41) is 0. The summed E-state index contributed by atoms with van der Waals surface area (Å²) in [5.74, 6) is -1.59. The number of fused-ring (bicyclic) bond motifs is 1. The molecule has 4 rings (SSSR count). The lowest BCUT2D eigenvalue weighted by atomic mass is 10.0. The smallest absolute Gasteiger partial charge is 0.306 e. The number of benzene rings is 1. The van der Waals surface area contributed by atoms with Crippen molar-refractivity contribution >= 4 is 5.97 Å². The molecule has 0 amide bonds. The van der Waals surface area contributed by atoms with Crippen LogP contribution >= 0.6 is 0 Å². The molecule has 0 radical (unpaired) electrons. The molecule has 3 saturated heterocycles. The molecule has 160 valence electrons. The van der Waals surface area contributed by atoms with E-state index in [1.165, 1.54) is 0 Å². The molecular formula is C22H30O7. The predicted octanol–water partition coefficient (Wildman–Crippen LogP) is 2.95. The first kappa shape index (κ1) is 20.8. The van der Waals surface area contributed by atoms with Gasteiger partial charge >= 0.3 is 5.97 Å². The van der Waals surface area contributed by atoms with Crippen LogP contribution in [0.5, 0.6) is 0 Å². The molecule has 7 heteroatoms. The van der Waals surface area contributed by atoms with E-state index >= 15 is 0 Å². The standard InChI is InChI=1S/C22H30O7/c1-21(2)25-13-16(27-21)18-20-19(28-22(3,4)29-20)15(26-18)10-11-17(23)24-12-14-8-6-5-7-9-14/h5-9,15-16,18-20H,10-13H2,1-4H3/t15-,16-,18-,19-,20+/m1/s1. The lowest BCUT2D eigenvalue weighted by Gasteiger charge is -2.27. The minimum Gasteiger partial charge on any atom is -0.461 e. The average molecular weight is 406 g/mol. The van der Waals surface area contributed by atoms with Crippen molar-refractivity contribution in [2.75, 3.05) is 6.61 Å². The number of hydrogen-bond donors (Lipinski definition) is 0. The second-order valence-corrected chi connectivity index (χ2v) is 8.76. The number of esters is 1. The van der Waals surface area contributed by atoms with Gasteiger partial charge in [-0.2, -0.15) is 0 Å². The van der Waals surface area contributed by atoms with Crippen molar-refractivity contribution in [1.82, 2.24) is 0 Å². The van der Waals surface area contributed by atoms with E-state index in [1.807, 2.05) is 58.0 Å². The zero-order chi connectivity index (χ0) is 20.6. The molecule has 0 aliphatic carbocycles. The number of carbonyl (C=O) groups excluding carboxylic acids is 1. The Morgan fingerprint density at radius 3 is 2.41 bits per heavy atom. The maximum atomic E-state index is 12.2. The summed E-state index contributed by atoms with van der Waals surface area (Å²) in [4.78, 5) is 12.2. The molecule has 0 bridgehead atoms. The maximum absolute atomic E-state index is 12.2. The van der Waals surface area contributed by atoms with Crippen LogP contribution in [0, 0.1) is 0 Å². The van der Waals surface area contributed by atoms with Gasteiger partial charge in [0.2, 0.25) is 0 Å². The number of carbonyl (C=O) groups is 1. The third-order valence-corrected chi connectivity index (χ3v) is 5.46. The summed E-state index contributed by atoms with van der Waals surface area (Å²) in [5.41, 5.74) is 0.966. The number of ether oxygens (including phenoxy) is 6. The molecule has 0 N–H and O–H groups in total. The topological polar surface area (TPSA) is 72.5 Å². The first-order valence-corrected chi connectivity index (χ1v) is 10.2. The van der Waals surface area contributed by atoms with Crippen molar-refractivity contribution < 1.29 is 33.2 Å². The first-order valence-electron chi connectivity index (χ1n) is 10.2. The van der Waals surface area contributed by atoms with Crippen LogP contribution in [0.25, 0.3) is 0 Å². The zero-order valence-corrected chi connectivity index (χ0v) is 17.5. The summed E-state index contributed by atoms with van der Waals surface area (Å²) in [6, 6.07) is 9.64. The summed E-state index contributed by atoms with van der Waals surface area (Å²) >= 11 is 0. The Morgan fingerprint density at radius 1 is 1.00 bits per heavy atom. The molecule has 0 aromatic heterocycles. The van der Waals surface area contributed by atoms with Crippen LogP contribution in [0.15, 0.2) is 30.3 Å². The van der Waals surface area contributed by atoms with Crippen LogP contribution in [0.2, 0.25) is 0 Å². The fourth-order valence-corrected chi connectivity index (χ4v) is 4.19. The summed E-state index contributed by atoms with van der Waals surface area (Å²) in [6.07, 6.45) is -0.531. The fourth-order valence-electron chi connectivity index (χ4n) is 4.19. The van der Waals surface area contributed by atoms with Crippen molar-refractivity contribution in [2.24, 2.45) is 0 Å². The Morgan fingerprint density at radius 2 is 1.72 bits per heavy atom. The lowest BCUT2D eigenvalue weighted by Crippen LogP contribution is -2.40. The van der Waals surface area contributed by atoms with Gasteiger partial charge < -0.3 is 28.4 Å². The van der Waals surface area contributed by atoms with Gasteiger partial charge in [0.1, 0.15) is 31.0 Å². The van der Waals surface area contributed by atoms with Gasteiger partial charge in [-0.15, -0.1) is 0 Å². The van der Waals surface area contributed by atoms with Crippen LogP contribution in [0.1, 0.15) is 46.1 Å². The van der Waals surface area contributed by atoms with Gasteiger partial charge in [0.15, 0.2) is 11.6 Å². The van der Waals surface area contributed by atoms with Gasteiger partial charge in [-0.05, 0) is 39.7 Å². The molecule has 0 unspecified atom stereocenters. The van der Waals surface area contributed by atoms with Gasteiger partial charge in [0.25, 0.3) is 0 Å². The monoisotopic (exact) mass is 406 g/mol. The van der Waals surface area contributed by atoms with Crippen molar-refractivity contribution in [1.29, 1.82) is 0 Å². The largest absolute Gasteiger partial charge is 0.461 e. The van der Waals surface area contributed by atoms with E-state index in [4.69, 9.17) is 28.4 Å². The Kier molecular flexibility index (Phi) is 5.70.